The van der Waals surface area contributed by atoms with Crippen LogP contribution in [0.5, 0.6) is 0 Å². The highest BCUT2D eigenvalue weighted by molar-refractivity contribution is 5.54. The van der Waals surface area contributed by atoms with E-state index in [9.17, 15) is 4.39 Å². The van der Waals surface area contributed by atoms with Crippen LogP contribution in [0.3, 0.4) is 0 Å². The highest BCUT2D eigenvalue weighted by atomic mass is 19.1. The van der Waals surface area contributed by atoms with Crippen LogP contribution in [0.4, 0.5) is 21.8 Å². The van der Waals surface area contributed by atoms with Gasteiger partial charge in [-0.1, -0.05) is 6.07 Å². The minimum atomic E-state index is -0.317. The van der Waals surface area contributed by atoms with Crippen LogP contribution in [0.25, 0.3) is 0 Å². The van der Waals surface area contributed by atoms with Gasteiger partial charge in [-0.2, -0.15) is 4.98 Å². The van der Waals surface area contributed by atoms with E-state index in [1.807, 2.05) is 0 Å². The molecule has 5 nitrogen and oxygen atoms in total. The first-order valence-electron chi connectivity index (χ1n) is 5.98. The molecule has 0 spiro atoms. The molecule has 0 aliphatic heterocycles. The Hall–Kier alpha value is -2.21. The number of aliphatic hydroxyl groups excluding tert-OH is 1. The molecule has 0 fully saturated rings. The number of anilines is 3. The van der Waals surface area contributed by atoms with E-state index in [-0.39, 0.29) is 12.4 Å². The Morgan fingerprint density at radius 3 is 2.95 bits per heavy atom. The van der Waals surface area contributed by atoms with Crippen LogP contribution in [0.1, 0.15) is 6.42 Å². The summed E-state index contributed by atoms with van der Waals surface area (Å²) in [6.45, 7) is 0.763. The topological polar surface area (TPSA) is 70.1 Å². The van der Waals surface area contributed by atoms with E-state index < -0.39 is 0 Å². The molecule has 0 atom stereocenters. The van der Waals surface area contributed by atoms with Gasteiger partial charge in [0.15, 0.2) is 0 Å². The Morgan fingerprint density at radius 2 is 2.16 bits per heavy atom. The lowest BCUT2D eigenvalue weighted by molar-refractivity contribution is 0.292. The van der Waals surface area contributed by atoms with Gasteiger partial charge in [-0.25, -0.2) is 9.37 Å². The van der Waals surface area contributed by atoms with Gasteiger partial charge in [0, 0.05) is 25.0 Å². The smallest absolute Gasteiger partial charge is 0.229 e. The summed E-state index contributed by atoms with van der Waals surface area (Å²) in [6, 6.07) is 7.82. The van der Waals surface area contributed by atoms with E-state index in [1.165, 1.54) is 12.1 Å². The molecule has 0 unspecified atom stereocenters. The minimum absolute atomic E-state index is 0.131. The molecule has 0 radical (unpaired) electrons. The molecule has 2 rings (SSSR count). The fourth-order valence-electron chi connectivity index (χ4n) is 1.51. The third-order valence-corrected chi connectivity index (χ3v) is 2.38. The summed E-state index contributed by atoms with van der Waals surface area (Å²) in [5, 5.41) is 14.7. The van der Waals surface area contributed by atoms with Crippen LogP contribution in [-0.4, -0.2) is 28.2 Å². The normalized spacial score (nSPS) is 10.2. The largest absolute Gasteiger partial charge is 0.396 e. The zero-order chi connectivity index (χ0) is 13.5. The van der Waals surface area contributed by atoms with Crippen LogP contribution >= 0.6 is 0 Å². The lowest BCUT2D eigenvalue weighted by Crippen LogP contribution is -2.06. The maximum atomic E-state index is 13.0. The van der Waals surface area contributed by atoms with Crippen LogP contribution in [0, 0.1) is 5.82 Å². The van der Waals surface area contributed by atoms with E-state index in [0.29, 0.717) is 30.4 Å². The molecular formula is C13H15FN4O. The van der Waals surface area contributed by atoms with Crippen LogP contribution in [0.2, 0.25) is 0 Å². The molecule has 1 aromatic heterocycles. The quantitative estimate of drug-likeness (QED) is 0.696. The fourth-order valence-corrected chi connectivity index (χ4v) is 1.51. The molecule has 1 heterocycles. The summed E-state index contributed by atoms with van der Waals surface area (Å²) in [6.07, 6.45) is 2.26. The van der Waals surface area contributed by atoms with Gasteiger partial charge in [0.25, 0.3) is 0 Å². The molecule has 0 amide bonds. The first-order chi connectivity index (χ1) is 9.28. The van der Waals surface area contributed by atoms with E-state index in [0.717, 1.165) is 0 Å². The van der Waals surface area contributed by atoms with Crippen molar-refractivity contribution in [2.45, 2.75) is 6.42 Å². The standard InChI is InChI=1S/C13H15FN4O/c14-10-3-1-4-11(9-10)17-13-16-7-5-12(18-13)15-6-2-8-19/h1,3-5,7,9,19H,2,6,8H2,(H2,15,16,17,18). The van der Waals surface area contributed by atoms with Crippen molar-refractivity contribution < 1.29 is 9.50 Å². The number of rotatable bonds is 6. The highest BCUT2D eigenvalue weighted by Gasteiger charge is 2.00. The Balaban J connectivity index is 2.02. The summed E-state index contributed by atoms with van der Waals surface area (Å²) < 4.78 is 13.0. The fraction of sp³-hybridized carbons (Fsp3) is 0.231. The highest BCUT2D eigenvalue weighted by Crippen LogP contribution is 2.15. The lowest BCUT2D eigenvalue weighted by atomic mass is 10.3. The first-order valence-corrected chi connectivity index (χ1v) is 5.98. The number of aliphatic hydroxyl groups is 1. The van der Waals surface area contributed by atoms with Gasteiger partial charge >= 0.3 is 0 Å². The Morgan fingerprint density at radius 1 is 1.26 bits per heavy atom. The van der Waals surface area contributed by atoms with Crippen molar-refractivity contribution in [2.75, 3.05) is 23.8 Å². The van der Waals surface area contributed by atoms with Crippen LogP contribution in [0.15, 0.2) is 36.5 Å². The zero-order valence-electron chi connectivity index (χ0n) is 10.3. The predicted molar refractivity (Wildman–Crippen MR) is 71.9 cm³/mol. The average Bonchev–Trinajstić information content (AvgIpc) is 2.39. The Kier molecular flexibility index (Phi) is 4.63. The molecule has 3 N–H and O–H groups in total. The third-order valence-electron chi connectivity index (χ3n) is 2.38. The Bertz CT molecular complexity index is 536. The second-order valence-corrected chi connectivity index (χ2v) is 3.90. The van der Waals surface area contributed by atoms with E-state index in [4.69, 9.17) is 5.11 Å². The number of benzene rings is 1. The van der Waals surface area contributed by atoms with Crippen molar-refractivity contribution in [3.63, 3.8) is 0 Å². The van der Waals surface area contributed by atoms with Gasteiger partial charge in [-0.05, 0) is 30.7 Å². The average molecular weight is 262 g/mol. The number of aromatic nitrogens is 2. The summed E-state index contributed by atoms with van der Waals surface area (Å²) in [7, 11) is 0. The maximum absolute atomic E-state index is 13.0. The maximum Gasteiger partial charge on any atom is 0.229 e. The third kappa shape index (κ3) is 4.18. The number of hydrogen-bond donors (Lipinski definition) is 3. The molecule has 6 heteroatoms. The molecule has 2 aromatic rings. The zero-order valence-corrected chi connectivity index (χ0v) is 10.3. The summed E-state index contributed by atoms with van der Waals surface area (Å²) in [4.78, 5) is 8.29. The molecule has 100 valence electrons. The first kappa shape index (κ1) is 13.2. The molecular weight excluding hydrogens is 247 g/mol. The Labute approximate surface area is 110 Å². The van der Waals surface area contributed by atoms with Crippen LogP contribution in [-0.2, 0) is 0 Å². The molecule has 0 saturated carbocycles. The molecule has 0 saturated heterocycles. The van der Waals surface area contributed by atoms with Gasteiger partial charge in [0.1, 0.15) is 11.6 Å². The van der Waals surface area contributed by atoms with Gasteiger partial charge in [-0.3, -0.25) is 0 Å². The van der Waals surface area contributed by atoms with Crippen molar-refractivity contribution in [1.82, 2.24) is 9.97 Å². The van der Waals surface area contributed by atoms with Gasteiger partial charge in [0.2, 0.25) is 5.95 Å². The molecule has 0 aliphatic rings. The number of nitrogens with one attached hydrogen (secondary N) is 2. The van der Waals surface area contributed by atoms with Gasteiger partial charge in [-0.15, -0.1) is 0 Å². The van der Waals surface area contributed by atoms with Gasteiger partial charge in [0.05, 0.1) is 0 Å². The second kappa shape index (κ2) is 6.65. The van der Waals surface area contributed by atoms with Gasteiger partial charge < -0.3 is 15.7 Å². The van der Waals surface area contributed by atoms with Crippen molar-refractivity contribution in [3.05, 3.63) is 42.3 Å². The molecule has 0 aliphatic carbocycles. The van der Waals surface area contributed by atoms with Crippen LogP contribution < -0.4 is 10.6 Å². The van der Waals surface area contributed by atoms with E-state index >= 15 is 0 Å². The second-order valence-electron chi connectivity index (χ2n) is 3.90. The van der Waals surface area contributed by atoms with Crippen molar-refractivity contribution >= 4 is 17.5 Å². The molecule has 19 heavy (non-hydrogen) atoms. The predicted octanol–water partition coefficient (Wildman–Crippen LogP) is 2.15. The lowest BCUT2D eigenvalue weighted by Gasteiger charge is -2.07. The monoisotopic (exact) mass is 262 g/mol. The molecule has 1 aromatic carbocycles. The number of nitrogens with zero attached hydrogens (tertiary/aromatic N) is 2. The summed E-state index contributed by atoms with van der Waals surface area (Å²) >= 11 is 0. The SMILES string of the molecule is OCCCNc1ccnc(Nc2cccc(F)c2)n1. The van der Waals surface area contributed by atoms with E-state index in [2.05, 4.69) is 20.6 Å². The number of hydrogen-bond acceptors (Lipinski definition) is 5. The van der Waals surface area contributed by atoms with Crippen molar-refractivity contribution in [1.29, 1.82) is 0 Å². The van der Waals surface area contributed by atoms with Crippen molar-refractivity contribution in [3.8, 4) is 0 Å². The summed E-state index contributed by atoms with van der Waals surface area (Å²) in [5.41, 5.74) is 0.590. The summed E-state index contributed by atoms with van der Waals surface area (Å²) in [5.74, 6) is 0.726. The number of halogens is 1. The van der Waals surface area contributed by atoms with Crippen molar-refractivity contribution in [2.24, 2.45) is 0 Å². The van der Waals surface area contributed by atoms with E-state index in [1.54, 1.807) is 24.4 Å². The minimum Gasteiger partial charge on any atom is -0.396 e. The molecule has 0 bridgehead atoms.